The van der Waals surface area contributed by atoms with Gasteiger partial charge in [-0.2, -0.15) is 0 Å². The third-order valence-electron chi connectivity index (χ3n) is 10.2. The smallest absolute Gasteiger partial charge is 0.0412 e. The number of halogens is 2. The van der Waals surface area contributed by atoms with E-state index in [-0.39, 0.29) is 0 Å². The molecular weight excluding hydrogens is 467 g/mol. The molecule has 174 valence electrons. The van der Waals surface area contributed by atoms with E-state index in [1.54, 1.807) is 11.1 Å². The summed E-state index contributed by atoms with van der Waals surface area (Å²) in [5.74, 6) is 3.84. The first-order valence-electron chi connectivity index (χ1n) is 13.2. The molecule has 2 heteroatoms. The van der Waals surface area contributed by atoms with Crippen LogP contribution in [0, 0.1) is 29.1 Å². The van der Waals surface area contributed by atoms with Crippen LogP contribution in [-0.4, -0.2) is 0 Å². The van der Waals surface area contributed by atoms with E-state index in [4.69, 9.17) is 23.2 Å². The third-order valence-corrected chi connectivity index (χ3v) is 10.7. The molecule has 3 saturated carbocycles. The van der Waals surface area contributed by atoms with Crippen molar-refractivity contribution in [3.05, 3.63) is 105 Å². The molecule has 8 rings (SSSR count). The molecule has 6 unspecified atom stereocenters. The van der Waals surface area contributed by atoms with Crippen LogP contribution in [0.1, 0.15) is 55.2 Å². The van der Waals surface area contributed by atoms with E-state index in [1.165, 1.54) is 59.1 Å². The maximum Gasteiger partial charge on any atom is 0.0412 e. The van der Waals surface area contributed by atoms with Gasteiger partial charge in [0.1, 0.15) is 0 Å². The van der Waals surface area contributed by atoms with Crippen LogP contribution in [0.2, 0.25) is 10.0 Å². The molecule has 0 nitrogen and oxygen atoms in total. The van der Waals surface area contributed by atoms with Gasteiger partial charge in [0.25, 0.3) is 0 Å². The van der Waals surface area contributed by atoms with Crippen molar-refractivity contribution in [1.29, 1.82) is 0 Å². The predicted molar refractivity (Wildman–Crippen MR) is 147 cm³/mol. The number of benzene rings is 3. The van der Waals surface area contributed by atoms with Gasteiger partial charge in [-0.25, -0.2) is 0 Å². The average Bonchev–Trinajstić information content (AvgIpc) is 2.92. The fourth-order valence-electron chi connectivity index (χ4n) is 9.00. The zero-order chi connectivity index (χ0) is 23.5. The average molecular weight is 495 g/mol. The Kier molecular flexibility index (Phi) is 4.26. The maximum atomic E-state index is 6.54. The lowest BCUT2D eigenvalue weighted by Gasteiger charge is -2.79. The second-order valence-electron chi connectivity index (χ2n) is 11.7. The first kappa shape index (κ1) is 20.9. The molecular formula is C33H28Cl2. The molecule has 0 aromatic heterocycles. The first-order valence-corrected chi connectivity index (χ1v) is 13.9. The van der Waals surface area contributed by atoms with Crippen molar-refractivity contribution in [2.75, 3.05) is 0 Å². The van der Waals surface area contributed by atoms with E-state index >= 15 is 0 Å². The lowest BCUT2D eigenvalue weighted by molar-refractivity contribution is -0.268. The molecule has 3 fully saturated rings. The van der Waals surface area contributed by atoms with Crippen molar-refractivity contribution >= 4 is 34.3 Å². The van der Waals surface area contributed by atoms with E-state index in [9.17, 15) is 0 Å². The van der Waals surface area contributed by atoms with E-state index < -0.39 is 0 Å². The Bertz CT molecular complexity index is 1470. The van der Waals surface area contributed by atoms with E-state index in [2.05, 4.69) is 67.6 Å². The number of hydrogen-bond donors (Lipinski definition) is 0. The summed E-state index contributed by atoms with van der Waals surface area (Å²) >= 11 is 13.1. The van der Waals surface area contributed by atoms with Crippen LogP contribution >= 0.6 is 23.2 Å². The molecule has 0 bridgehead atoms. The number of allylic oxidation sites excluding steroid dienone is 4. The molecule has 0 N–H and O–H groups in total. The highest BCUT2D eigenvalue weighted by atomic mass is 35.5. The minimum Gasteiger partial charge on any atom is -0.0843 e. The summed E-state index contributed by atoms with van der Waals surface area (Å²) in [5.41, 5.74) is 12.0. The SMILES string of the molecule is CC1C=C(c2cccc(Cl)c2)C2=C(C1)C1CC3CC4CC(c5cccc(-c6cccc(Cl)c6)c52)C341. The molecule has 0 saturated heterocycles. The van der Waals surface area contributed by atoms with Gasteiger partial charge in [0.2, 0.25) is 0 Å². The Morgan fingerprint density at radius 3 is 2.20 bits per heavy atom. The van der Waals surface area contributed by atoms with Gasteiger partial charge in [0.05, 0.1) is 0 Å². The fraction of sp³-hybridized carbons (Fsp3) is 0.333. The number of hydrogen-bond acceptors (Lipinski definition) is 0. The molecule has 0 amide bonds. The van der Waals surface area contributed by atoms with Gasteiger partial charge in [0, 0.05) is 10.0 Å². The highest BCUT2D eigenvalue weighted by Gasteiger charge is 2.76. The van der Waals surface area contributed by atoms with E-state index in [0.29, 0.717) is 17.3 Å². The quantitative estimate of drug-likeness (QED) is 0.332. The predicted octanol–water partition coefficient (Wildman–Crippen LogP) is 9.68. The number of fused-ring (bicyclic) bond motifs is 4. The van der Waals surface area contributed by atoms with Crippen LogP contribution in [0.4, 0.5) is 0 Å². The highest BCUT2D eigenvalue weighted by Crippen LogP contribution is 2.85. The lowest BCUT2D eigenvalue weighted by Crippen LogP contribution is -2.72. The Balaban J connectivity index is 1.45. The summed E-state index contributed by atoms with van der Waals surface area (Å²) in [7, 11) is 0. The molecule has 35 heavy (non-hydrogen) atoms. The molecule has 3 aromatic carbocycles. The van der Waals surface area contributed by atoms with Crippen molar-refractivity contribution in [3.63, 3.8) is 0 Å². The molecule has 0 aliphatic heterocycles. The van der Waals surface area contributed by atoms with Gasteiger partial charge in [-0.3, -0.25) is 0 Å². The van der Waals surface area contributed by atoms with Crippen molar-refractivity contribution in [1.82, 2.24) is 0 Å². The van der Waals surface area contributed by atoms with E-state index in [0.717, 1.165) is 27.8 Å². The summed E-state index contributed by atoms with van der Waals surface area (Å²) in [6.45, 7) is 2.40. The summed E-state index contributed by atoms with van der Waals surface area (Å²) in [6, 6.07) is 24.0. The summed E-state index contributed by atoms with van der Waals surface area (Å²) < 4.78 is 0. The fourth-order valence-corrected chi connectivity index (χ4v) is 9.38. The molecule has 5 aliphatic rings. The Morgan fingerprint density at radius 2 is 1.46 bits per heavy atom. The summed E-state index contributed by atoms with van der Waals surface area (Å²) in [4.78, 5) is 0. The Hall–Kier alpha value is -2.28. The van der Waals surface area contributed by atoms with Crippen LogP contribution in [0.5, 0.6) is 0 Å². The molecule has 0 heterocycles. The normalized spacial score (nSPS) is 33.6. The molecule has 0 radical (unpaired) electrons. The molecule has 1 spiro atoms. The lowest BCUT2D eigenvalue weighted by atomic mass is 9.25. The zero-order valence-corrected chi connectivity index (χ0v) is 21.4. The number of rotatable bonds is 2. The monoisotopic (exact) mass is 494 g/mol. The van der Waals surface area contributed by atoms with Crippen LogP contribution in [0.25, 0.3) is 22.3 Å². The van der Waals surface area contributed by atoms with Gasteiger partial charge >= 0.3 is 0 Å². The maximum absolute atomic E-state index is 6.54. The van der Waals surface area contributed by atoms with Crippen LogP contribution in [-0.2, 0) is 0 Å². The van der Waals surface area contributed by atoms with Crippen LogP contribution in [0.3, 0.4) is 0 Å². The van der Waals surface area contributed by atoms with Crippen molar-refractivity contribution in [3.8, 4) is 11.1 Å². The van der Waals surface area contributed by atoms with Gasteiger partial charge in [-0.1, -0.05) is 84.2 Å². The first-order chi connectivity index (χ1) is 17.1. The van der Waals surface area contributed by atoms with Gasteiger partial charge < -0.3 is 0 Å². The molecule has 5 aliphatic carbocycles. The standard InChI is InChI=1S/C33H28Cl2/c1-18-11-27(20-6-3-8-24(35)14-20)32-28(12-18)30-17-22-15-21-16-29(33(21,22)30)26-10-4-9-25(31(26)32)19-5-2-7-23(34)13-19/h2-11,13-14,18,21-22,29-30H,12,15-17H2,1H3. The minimum absolute atomic E-state index is 0.537. The van der Waals surface area contributed by atoms with Gasteiger partial charge in [-0.05, 0) is 124 Å². The van der Waals surface area contributed by atoms with Crippen molar-refractivity contribution in [2.45, 2.75) is 38.5 Å². The van der Waals surface area contributed by atoms with E-state index in [1.807, 2.05) is 12.1 Å². The minimum atomic E-state index is 0.537. The topological polar surface area (TPSA) is 0 Å². The largest absolute Gasteiger partial charge is 0.0843 e. The zero-order valence-electron chi connectivity index (χ0n) is 19.9. The second kappa shape index (κ2) is 7.15. The van der Waals surface area contributed by atoms with Gasteiger partial charge in [0.15, 0.2) is 0 Å². The van der Waals surface area contributed by atoms with Gasteiger partial charge in [-0.15, -0.1) is 0 Å². The third kappa shape index (κ3) is 2.60. The second-order valence-corrected chi connectivity index (χ2v) is 12.5. The van der Waals surface area contributed by atoms with Crippen LogP contribution in [0.15, 0.2) is 78.4 Å². The molecule has 3 aromatic rings. The van der Waals surface area contributed by atoms with Crippen LogP contribution < -0.4 is 0 Å². The molecule has 6 atom stereocenters. The van der Waals surface area contributed by atoms with Crippen molar-refractivity contribution in [2.24, 2.45) is 29.1 Å². The highest BCUT2D eigenvalue weighted by molar-refractivity contribution is 6.31. The Labute approximate surface area is 217 Å². The Morgan fingerprint density at radius 1 is 0.771 bits per heavy atom. The summed E-state index contributed by atoms with van der Waals surface area (Å²) in [5, 5.41) is 1.61. The summed E-state index contributed by atoms with van der Waals surface area (Å²) in [6.07, 6.45) is 7.92. The van der Waals surface area contributed by atoms with Crippen molar-refractivity contribution < 1.29 is 0 Å².